The van der Waals surface area contributed by atoms with Crippen LogP contribution in [0.3, 0.4) is 0 Å². The molecule has 0 aliphatic rings. The van der Waals surface area contributed by atoms with Crippen molar-refractivity contribution in [3.05, 3.63) is 24.3 Å². The molecule has 0 aromatic heterocycles. The lowest BCUT2D eigenvalue weighted by Gasteiger charge is -2.20. The van der Waals surface area contributed by atoms with E-state index < -0.39 is 0 Å². The molecule has 0 spiro atoms. The number of nitrogens with zero attached hydrogens (tertiary/aromatic N) is 1. The van der Waals surface area contributed by atoms with Gasteiger partial charge in [0.1, 0.15) is 0 Å². The van der Waals surface area contributed by atoms with Crippen LogP contribution < -0.4 is 16.0 Å². The molecular weight excluding hydrogens is 304 g/mol. The van der Waals surface area contributed by atoms with Gasteiger partial charge in [0.05, 0.1) is 0 Å². The number of hydrogen-bond donors (Lipinski definition) is 3. The van der Waals surface area contributed by atoms with Gasteiger partial charge in [-0.25, -0.2) is 4.79 Å². The summed E-state index contributed by atoms with van der Waals surface area (Å²) in [4.78, 5) is 25.3. The van der Waals surface area contributed by atoms with Crippen LogP contribution in [-0.4, -0.2) is 43.0 Å². The van der Waals surface area contributed by atoms with E-state index in [1.165, 1.54) is 6.92 Å². The number of carbonyl (C=O) groups excluding carboxylic acids is 2. The van der Waals surface area contributed by atoms with Crippen molar-refractivity contribution in [2.24, 2.45) is 0 Å². The molecule has 0 aliphatic carbocycles. The van der Waals surface area contributed by atoms with Crippen molar-refractivity contribution < 1.29 is 9.59 Å². The number of hydrogen-bond acceptors (Lipinski definition) is 3. The van der Waals surface area contributed by atoms with Crippen LogP contribution in [-0.2, 0) is 4.79 Å². The van der Waals surface area contributed by atoms with Gasteiger partial charge in [-0.3, -0.25) is 4.79 Å². The van der Waals surface area contributed by atoms with Crippen LogP contribution >= 0.6 is 0 Å². The summed E-state index contributed by atoms with van der Waals surface area (Å²) in [6.07, 6.45) is 3.25. The minimum absolute atomic E-state index is 0.117. The van der Waals surface area contributed by atoms with Gasteiger partial charge in [-0.15, -0.1) is 0 Å². The molecule has 0 unspecified atom stereocenters. The Morgan fingerprint density at radius 1 is 0.917 bits per heavy atom. The molecule has 0 fully saturated rings. The zero-order valence-electron chi connectivity index (χ0n) is 15.0. The first kappa shape index (κ1) is 20.0. The number of nitrogens with one attached hydrogen (secondary N) is 3. The highest BCUT2D eigenvalue weighted by Gasteiger charge is 2.04. The monoisotopic (exact) mass is 334 g/mol. The summed E-state index contributed by atoms with van der Waals surface area (Å²) in [7, 11) is 0. The first-order valence-corrected chi connectivity index (χ1v) is 8.70. The fraction of sp³-hybridized carbons (Fsp3) is 0.556. The van der Waals surface area contributed by atoms with Gasteiger partial charge in [0.15, 0.2) is 0 Å². The molecule has 134 valence electrons. The summed E-state index contributed by atoms with van der Waals surface area (Å²) >= 11 is 0. The summed E-state index contributed by atoms with van der Waals surface area (Å²) < 4.78 is 0. The average Bonchev–Trinajstić information content (AvgIpc) is 2.53. The van der Waals surface area contributed by atoms with E-state index in [-0.39, 0.29) is 11.9 Å². The number of urea groups is 1. The summed E-state index contributed by atoms with van der Waals surface area (Å²) in [6.45, 7) is 9.72. The van der Waals surface area contributed by atoms with Crippen molar-refractivity contribution in [1.82, 2.24) is 10.2 Å². The molecule has 0 saturated carbocycles. The van der Waals surface area contributed by atoms with Gasteiger partial charge >= 0.3 is 6.03 Å². The van der Waals surface area contributed by atoms with E-state index in [2.05, 4.69) is 34.7 Å². The summed E-state index contributed by atoms with van der Waals surface area (Å²) in [5.74, 6) is -0.117. The molecule has 3 N–H and O–H groups in total. The molecule has 24 heavy (non-hydrogen) atoms. The Morgan fingerprint density at radius 3 is 1.96 bits per heavy atom. The molecule has 1 aromatic carbocycles. The number of carbonyl (C=O) groups is 2. The van der Waals surface area contributed by atoms with Crippen LogP contribution in [0.1, 0.15) is 40.0 Å². The average molecular weight is 334 g/mol. The summed E-state index contributed by atoms with van der Waals surface area (Å²) in [5, 5.41) is 8.34. The highest BCUT2D eigenvalue weighted by atomic mass is 16.2. The smallest absolute Gasteiger partial charge is 0.319 e. The van der Waals surface area contributed by atoms with Crippen LogP contribution in [0.15, 0.2) is 24.3 Å². The van der Waals surface area contributed by atoms with Crippen molar-refractivity contribution in [2.75, 3.05) is 36.8 Å². The maximum absolute atomic E-state index is 11.9. The second-order valence-electron chi connectivity index (χ2n) is 5.83. The van der Waals surface area contributed by atoms with Gasteiger partial charge in [-0.2, -0.15) is 0 Å². The molecule has 0 saturated heterocycles. The van der Waals surface area contributed by atoms with E-state index in [4.69, 9.17) is 0 Å². The maximum atomic E-state index is 11.9. The molecule has 0 heterocycles. The molecule has 6 nitrogen and oxygen atoms in total. The van der Waals surface area contributed by atoms with E-state index in [0.29, 0.717) is 17.9 Å². The third-order valence-electron chi connectivity index (χ3n) is 3.48. The topological polar surface area (TPSA) is 73.5 Å². The van der Waals surface area contributed by atoms with E-state index in [9.17, 15) is 9.59 Å². The zero-order valence-corrected chi connectivity index (χ0v) is 15.0. The Bertz CT molecular complexity index is 496. The Morgan fingerprint density at radius 2 is 1.46 bits per heavy atom. The van der Waals surface area contributed by atoms with Gasteiger partial charge in [-0.05, 0) is 63.2 Å². The lowest BCUT2D eigenvalue weighted by Crippen LogP contribution is -2.33. The molecule has 0 bridgehead atoms. The summed E-state index contributed by atoms with van der Waals surface area (Å²) in [6, 6.07) is 6.82. The van der Waals surface area contributed by atoms with Crippen LogP contribution in [0, 0.1) is 0 Å². The van der Waals surface area contributed by atoms with Crippen molar-refractivity contribution in [1.29, 1.82) is 0 Å². The van der Waals surface area contributed by atoms with Crippen LogP contribution in [0.2, 0.25) is 0 Å². The maximum Gasteiger partial charge on any atom is 0.319 e. The number of amides is 3. The van der Waals surface area contributed by atoms with Crippen molar-refractivity contribution in [2.45, 2.75) is 40.0 Å². The van der Waals surface area contributed by atoms with Gasteiger partial charge in [0.2, 0.25) is 5.91 Å². The number of anilines is 2. The molecule has 0 radical (unpaired) electrons. The zero-order chi connectivity index (χ0) is 17.8. The van der Waals surface area contributed by atoms with Gasteiger partial charge < -0.3 is 20.9 Å². The van der Waals surface area contributed by atoms with Crippen LogP contribution in [0.4, 0.5) is 16.2 Å². The number of rotatable bonds is 10. The highest BCUT2D eigenvalue weighted by molar-refractivity contribution is 5.91. The molecule has 0 atom stereocenters. The third-order valence-corrected chi connectivity index (χ3v) is 3.48. The van der Waals surface area contributed by atoms with Gasteiger partial charge in [-0.1, -0.05) is 13.8 Å². The van der Waals surface area contributed by atoms with E-state index in [1.807, 2.05) is 0 Å². The SMILES string of the molecule is CCCN(CCC)CCCNC(=O)Nc1ccc(NC(C)=O)cc1. The van der Waals surface area contributed by atoms with Crippen LogP contribution in [0.5, 0.6) is 0 Å². The molecule has 3 amide bonds. The quantitative estimate of drug-likeness (QED) is 0.575. The predicted octanol–water partition coefficient (Wildman–Crippen LogP) is 3.28. The Hall–Kier alpha value is -2.08. The minimum atomic E-state index is -0.209. The largest absolute Gasteiger partial charge is 0.338 e. The van der Waals surface area contributed by atoms with E-state index >= 15 is 0 Å². The fourth-order valence-corrected chi connectivity index (χ4v) is 2.49. The Balaban J connectivity index is 2.27. The van der Waals surface area contributed by atoms with E-state index in [0.717, 1.165) is 38.9 Å². The van der Waals surface area contributed by atoms with Gasteiger partial charge in [0.25, 0.3) is 0 Å². The molecule has 0 aliphatic heterocycles. The molecular formula is C18H30N4O2. The van der Waals surface area contributed by atoms with Crippen LogP contribution in [0.25, 0.3) is 0 Å². The highest BCUT2D eigenvalue weighted by Crippen LogP contribution is 2.13. The van der Waals surface area contributed by atoms with Crippen molar-refractivity contribution in [3.8, 4) is 0 Å². The normalized spacial score (nSPS) is 10.5. The van der Waals surface area contributed by atoms with E-state index in [1.54, 1.807) is 24.3 Å². The summed E-state index contributed by atoms with van der Waals surface area (Å²) in [5.41, 5.74) is 1.40. The fourth-order valence-electron chi connectivity index (χ4n) is 2.49. The lowest BCUT2D eigenvalue weighted by molar-refractivity contribution is -0.114. The minimum Gasteiger partial charge on any atom is -0.338 e. The number of benzene rings is 1. The Labute approximate surface area is 145 Å². The first-order chi connectivity index (χ1) is 11.5. The molecule has 1 rings (SSSR count). The third kappa shape index (κ3) is 8.53. The molecule has 6 heteroatoms. The Kier molecular flexibility index (Phi) is 9.53. The van der Waals surface area contributed by atoms with Gasteiger partial charge in [0, 0.05) is 24.8 Å². The predicted molar refractivity (Wildman–Crippen MR) is 99.4 cm³/mol. The lowest BCUT2D eigenvalue weighted by atomic mass is 10.3. The first-order valence-electron chi connectivity index (χ1n) is 8.70. The van der Waals surface area contributed by atoms with Crippen molar-refractivity contribution >= 4 is 23.3 Å². The van der Waals surface area contributed by atoms with Crippen molar-refractivity contribution in [3.63, 3.8) is 0 Å². The second kappa shape index (κ2) is 11.5. The standard InChI is InChI=1S/C18H30N4O2/c1-4-12-22(13-5-2)14-6-11-19-18(24)21-17-9-7-16(8-10-17)20-15(3)23/h7-10H,4-6,11-14H2,1-3H3,(H,20,23)(H2,19,21,24). The molecule has 1 aromatic rings. The second-order valence-corrected chi connectivity index (χ2v) is 5.83.